The molecule has 4 aromatic rings. The van der Waals surface area contributed by atoms with Crippen LogP contribution in [-0.2, 0) is 4.79 Å². The number of carbonyl (C=O) groups is 1. The molecule has 0 radical (unpaired) electrons. The van der Waals surface area contributed by atoms with Crippen molar-refractivity contribution in [3.8, 4) is 11.3 Å². The van der Waals surface area contributed by atoms with Crippen LogP contribution >= 0.6 is 23.8 Å². The number of nitro groups is 1. The maximum atomic E-state index is 12.2. The third kappa shape index (κ3) is 5.34. The predicted octanol–water partition coefficient (Wildman–Crippen LogP) is 6.67. The lowest BCUT2D eigenvalue weighted by Crippen LogP contribution is -2.29. The van der Waals surface area contributed by atoms with Crippen LogP contribution in [0.15, 0.2) is 83.4 Å². The molecule has 0 aliphatic carbocycles. The zero-order valence-corrected chi connectivity index (χ0v) is 22.6. The fourth-order valence-corrected chi connectivity index (χ4v) is 4.94. The molecule has 39 heavy (non-hydrogen) atoms. The van der Waals surface area contributed by atoms with E-state index in [4.69, 9.17) is 28.2 Å². The Kier molecular flexibility index (Phi) is 7.32. The minimum Gasteiger partial charge on any atom is -0.459 e. The van der Waals surface area contributed by atoms with Gasteiger partial charge in [0.15, 0.2) is 5.11 Å². The molecule has 0 unspecified atom stereocenters. The molecule has 2 atom stereocenters. The molecular formula is C28H24ClN5O4S. The number of nitrogens with one attached hydrogen (secondary N) is 2. The number of nitro benzene ring substituents is 1. The third-order valence-corrected chi connectivity index (χ3v) is 7.02. The van der Waals surface area contributed by atoms with Gasteiger partial charge < -0.3 is 20.0 Å². The summed E-state index contributed by atoms with van der Waals surface area (Å²) >= 11 is 12.3. The van der Waals surface area contributed by atoms with Crippen LogP contribution in [0.4, 0.5) is 17.1 Å². The lowest BCUT2D eigenvalue weighted by molar-refractivity contribution is -0.384. The number of benzene rings is 2. The summed E-state index contributed by atoms with van der Waals surface area (Å²) in [5, 5.41) is 18.1. The highest BCUT2D eigenvalue weighted by atomic mass is 35.5. The van der Waals surface area contributed by atoms with Crippen molar-refractivity contribution in [2.75, 3.05) is 10.2 Å². The highest BCUT2D eigenvalue weighted by Crippen LogP contribution is 2.44. The number of thiocarbonyl (C=S) groups is 1. The average molecular weight is 562 g/mol. The minimum absolute atomic E-state index is 0.00201. The van der Waals surface area contributed by atoms with Gasteiger partial charge in [-0.2, -0.15) is 0 Å². The van der Waals surface area contributed by atoms with Crippen molar-refractivity contribution in [3.05, 3.63) is 106 Å². The molecule has 3 heterocycles. The standard InChI is InChI=1S/C28H24ClN5O4S/c1-16(2)27(35)31-21-11-10-19(15-20(21)29)33-26(25(32-28(33)39)22-5-3-4-14-30-22)24-13-12-23(38-24)17-6-8-18(9-7-17)34(36)37/h3-16,25-26H,1-2H3,(H,31,35)(H,32,39)/t25-,26+/m0/s1. The zero-order chi connectivity index (χ0) is 27.7. The number of carbonyl (C=O) groups excluding carboxylic acids is 1. The van der Waals surface area contributed by atoms with Crippen molar-refractivity contribution in [2.24, 2.45) is 5.92 Å². The Hall–Kier alpha value is -4.28. The average Bonchev–Trinajstić information content (AvgIpc) is 3.55. The van der Waals surface area contributed by atoms with E-state index >= 15 is 0 Å². The second-order valence-corrected chi connectivity index (χ2v) is 10.1. The summed E-state index contributed by atoms with van der Waals surface area (Å²) in [5.74, 6) is 0.843. The molecule has 0 saturated carbocycles. The van der Waals surface area contributed by atoms with Crippen LogP contribution in [0.1, 0.15) is 37.4 Å². The van der Waals surface area contributed by atoms with E-state index in [9.17, 15) is 14.9 Å². The fraction of sp³-hybridized carbons (Fsp3) is 0.179. The van der Waals surface area contributed by atoms with Gasteiger partial charge in [-0.05, 0) is 66.8 Å². The second kappa shape index (κ2) is 10.8. The summed E-state index contributed by atoms with van der Waals surface area (Å²) in [6, 6.07) is 20.1. The fourth-order valence-electron chi connectivity index (χ4n) is 4.37. The molecule has 2 N–H and O–H groups in total. The lowest BCUT2D eigenvalue weighted by atomic mass is 10.0. The van der Waals surface area contributed by atoms with Gasteiger partial charge in [-0.25, -0.2) is 0 Å². The molecule has 1 aliphatic heterocycles. The largest absolute Gasteiger partial charge is 0.459 e. The number of anilines is 2. The van der Waals surface area contributed by atoms with Gasteiger partial charge in [0.1, 0.15) is 17.6 Å². The molecule has 9 nitrogen and oxygen atoms in total. The number of nitrogens with zero attached hydrogens (tertiary/aromatic N) is 3. The Morgan fingerprint density at radius 3 is 2.56 bits per heavy atom. The van der Waals surface area contributed by atoms with E-state index in [1.807, 2.05) is 55.1 Å². The highest BCUT2D eigenvalue weighted by molar-refractivity contribution is 7.80. The van der Waals surface area contributed by atoms with Crippen molar-refractivity contribution in [1.82, 2.24) is 10.3 Å². The van der Waals surface area contributed by atoms with Crippen LogP contribution in [-0.4, -0.2) is 20.9 Å². The van der Waals surface area contributed by atoms with Crippen molar-refractivity contribution in [3.63, 3.8) is 0 Å². The Morgan fingerprint density at radius 1 is 1.15 bits per heavy atom. The number of hydrogen-bond acceptors (Lipinski definition) is 6. The molecule has 2 aromatic heterocycles. The number of halogens is 1. The van der Waals surface area contributed by atoms with E-state index in [1.54, 1.807) is 30.5 Å². The molecule has 1 amide bonds. The summed E-state index contributed by atoms with van der Waals surface area (Å²) in [6.07, 6.45) is 1.72. The van der Waals surface area contributed by atoms with Crippen LogP contribution in [0, 0.1) is 16.0 Å². The quantitative estimate of drug-likeness (QED) is 0.146. The number of amides is 1. The van der Waals surface area contributed by atoms with Gasteiger partial charge in [-0.1, -0.05) is 31.5 Å². The second-order valence-electron chi connectivity index (χ2n) is 9.31. The molecule has 11 heteroatoms. The monoisotopic (exact) mass is 561 g/mol. The van der Waals surface area contributed by atoms with Gasteiger partial charge in [0.05, 0.1) is 27.4 Å². The van der Waals surface area contributed by atoms with Crippen LogP contribution in [0.2, 0.25) is 5.02 Å². The van der Waals surface area contributed by atoms with Crippen LogP contribution in [0.5, 0.6) is 0 Å². The number of hydrogen-bond donors (Lipinski definition) is 2. The van der Waals surface area contributed by atoms with E-state index in [2.05, 4.69) is 15.6 Å². The van der Waals surface area contributed by atoms with E-state index < -0.39 is 11.0 Å². The molecule has 1 aliphatic rings. The van der Waals surface area contributed by atoms with Crippen LogP contribution in [0.3, 0.4) is 0 Å². The molecule has 0 bridgehead atoms. The molecule has 1 saturated heterocycles. The van der Waals surface area contributed by atoms with E-state index in [1.165, 1.54) is 12.1 Å². The Balaban J connectivity index is 1.53. The van der Waals surface area contributed by atoms with Gasteiger partial charge in [0, 0.05) is 35.5 Å². The Bertz CT molecular complexity index is 1540. The maximum Gasteiger partial charge on any atom is 0.269 e. The normalized spacial score (nSPS) is 16.8. The summed E-state index contributed by atoms with van der Waals surface area (Å²) in [5.41, 5.74) is 2.69. The number of furan rings is 1. The molecule has 2 aromatic carbocycles. The Labute approximate surface area is 235 Å². The van der Waals surface area contributed by atoms with Gasteiger partial charge >= 0.3 is 0 Å². The van der Waals surface area contributed by atoms with Crippen molar-refractivity contribution >= 4 is 51.9 Å². The van der Waals surface area contributed by atoms with E-state index in [0.29, 0.717) is 38.6 Å². The van der Waals surface area contributed by atoms with Gasteiger partial charge in [-0.15, -0.1) is 0 Å². The van der Waals surface area contributed by atoms with Gasteiger partial charge in [0.2, 0.25) is 5.91 Å². The first-order valence-corrected chi connectivity index (χ1v) is 13.0. The maximum absolute atomic E-state index is 12.2. The smallest absolute Gasteiger partial charge is 0.269 e. The highest BCUT2D eigenvalue weighted by Gasteiger charge is 2.42. The van der Waals surface area contributed by atoms with Crippen LogP contribution < -0.4 is 15.5 Å². The summed E-state index contributed by atoms with van der Waals surface area (Å²) in [6.45, 7) is 3.62. The van der Waals surface area contributed by atoms with E-state index in [0.717, 1.165) is 5.69 Å². The van der Waals surface area contributed by atoms with Crippen molar-refractivity contribution in [1.29, 1.82) is 0 Å². The SMILES string of the molecule is CC(C)C(=O)Nc1ccc(N2C(=S)N[C@@H](c3ccccn3)[C@H]2c2ccc(-c3ccc([N+](=O)[O-])cc3)o2)cc1Cl. The molecule has 5 rings (SSSR count). The molecule has 0 spiro atoms. The first kappa shape index (κ1) is 26.3. The van der Waals surface area contributed by atoms with Gasteiger partial charge in [-0.3, -0.25) is 19.9 Å². The van der Waals surface area contributed by atoms with Crippen molar-refractivity contribution in [2.45, 2.75) is 25.9 Å². The number of pyridine rings is 1. The first-order valence-electron chi connectivity index (χ1n) is 12.2. The number of non-ortho nitro benzene ring substituents is 1. The molecule has 1 fully saturated rings. The third-order valence-electron chi connectivity index (χ3n) is 6.39. The first-order chi connectivity index (χ1) is 18.7. The number of rotatable bonds is 7. The lowest BCUT2D eigenvalue weighted by Gasteiger charge is -2.26. The summed E-state index contributed by atoms with van der Waals surface area (Å²) in [7, 11) is 0. The summed E-state index contributed by atoms with van der Waals surface area (Å²) in [4.78, 5) is 29.3. The summed E-state index contributed by atoms with van der Waals surface area (Å²) < 4.78 is 6.31. The number of aromatic nitrogens is 1. The molecule has 198 valence electrons. The zero-order valence-electron chi connectivity index (χ0n) is 21.0. The topological polar surface area (TPSA) is 114 Å². The van der Waals surface area contributed by atoms with Crippen molar-refractivity contribution < 1.29 is 14.1 Å². The predicted molar refractivity (Wildman–Crippen MR) is 154 cm³/mol. The Morgan fingerprint density at radius 2 is 1.92 bits per heavy atom. The molecular weight excluding hydrogens is 538 g/mol. The minimum atomic E-state index is -0.442. The van der Waals surface area contributed by atoms with Crippen LogP contribution in [0.25, 0.3) is 11.3 Å². The van der Waals surface area contributed by atoms with E-state index in [-0.39, 0.29) is 23.6 Å². The van der Waals surface area contributed by atoms with Gasteiger partial charge in [0.25, 0.3) is 5.69 Å².